The fraction of sp³-hybridized carbons (Fsp3) is 1.00. The first-order valence-electron chi connectivity index (χ1n) is 15.8. The molecule has 0 heteroatoms. The molecule has 0 saturated heterocycles. The van der Waals surface area contributed by atoms with Gasteiger partial charge in [0.1, 0.15) is 0 Å². The van der Waals surface area contributed by atoms with Crippen LogP contribution in [0.5, 0.6) is 0 Å². The molecule has 7 rings (SSSR count). The maximum atomic E-state index is 2.28. The van der Waals surface area contributed by atoms with E-state index in [0.29, 0.717) is 0 Å². The van der Waals surface area contributed by atoms with Crippen LogP contribution in [0.3, 0.4) is 0 Å². The van der Waals surface area contributed by atoms with Crippen LogP contribution in [0, 0.1) is 29.6 Å². The third kappa shape index (κ3) is 13.6. The second kappa shape index (κ2) is 16.6. The molecule has 0 spiro atoms. The van der Waals surface area contributed by atoms with Gasteiger partial charge in [-0.05, 0) is 48.9 Å². The van der Waals surface area contributed by atoms with Gasteiger partial charge in [-0.1, -0.05) is 155 Å². The molecule has 0 bridgehead atoms. The Morgan fingerprint density at radius 1 is 0.281 bits per heavy atom. The van der Waals surface area contributed by atoms with Crippen LogP contribution >= 0.6 is 0 Å². The Morgan fingerprint density at radius 3 is 0.875 bits per heavy atom. The van der Waals surface area contributed by atoms with E-state index in [1.165, 1.54) is 121 Å². The molecule has 2 unspecified atom stereocenters. The van der Waals surface area contributed by atoms with Gasteiger partial charge in [0.25, 0.3) is 0 Å². The lowest BCUT2D eigenvalue weighted by atomic mass is 9.69. The minimum absolute atomic E-state index is 1.08. The second-order valence-electron chi connectivity index (χ2n) is 12.7. The summed E-state index contributed by atoms with van der Waals surface area (Å²) in [4.78, 5) is 0. The highest BCUT2D eigenvalue weighted by atomic mass is 14.4. The molecule has 2 atom stereocenters. The van der Waals surface area contributed by atoms with Crippen molar-refractivity contribution < 1.29 is 0 Å². The van der Waals surface area contributed by atoms with Gasteiger partial charge in [0.15, 0.2) is 0 Å². The molecule has 0 aromatic carbocycles. The van der Waals surface area contributed by atoms with Crippen LogP contribution in [0.25, 0.3) is 0 Å². The standard InChI is InChI=1S/C15H26.C6H12.2C4H8.C3H6/c1-2-5-12(6-3-1)14-7-4-8-15(11-14)13-9-10-13;1-2-4-6-5-3-1;1-4-2-3-4;1-2-4-3-1;1-2-3-1/h12-15H,1-11H2;1-6H2;4H,2-3H2,1H3;1-4H2;1-3H2. The molecule has 0 nitrogen and oxygen atoms in total. The van der Waals surface area contributed by atoms with Gasteiger partial charge >= 0.3 is 0 Å². The van der Waals surface area contributed by atoms with Crippen LogP contribution in [0.15, 0.2) is 0 Å². The van der Waals surface area contributed by atoms with Crippen molar-refractivity contribution in [3.8, 4) is 0 Å². The van der Waals surface area contributed by atoms with Crippen molar-refractivity contribution >= 4 is 0 Å². The smallest absolute Gasteiger partial charge is 0.0383 e. The highest BCUT2D eigenvalue weighted by Crippen LogP contribution is 2.48. The summed E-state index contributed by atoms with van der Waals surface area (Å²) < 4.78 is 0. The summed E-state index contributed by atoms with van der Waals surface area (Å²) in [5, 5.41) is 0. The monoisotopic (exact) mass is 444 g/mol. The maximum Gasteiger partial charge on any atom is -0.0383 e. The Labute approximate surface area is 203 Å². The quantitative estimate of drug-likeness (QED) is 0.397. The van der Waals surface area contributed by atoms with Crippen molar-refractivity contribution in [2.24, 2.45) is 29.6 Å². The van der Waals surface area contributed by atoms with E-state index in [1.807, 2.05) is 0 Å². The summed E-state index contributed by atoms with van der Waals surface area (Å²) >= 11 is 0. The third-order valence-electron chi connectivity index (χ3n) is 9.08. The molecule has 0 aromatic rings. The zero-order chi connectivity index (χ0) is 22.3. The van der Waals surface area contributed by atoms with Crippen LogP contribution in [0.4, 0.5) is 0 Å². The molecule has 0 aliphatic heterocycles. The van der Waals surface area contributed by atoms with Crippen molar-refractivity contribution in [1.29, 1.82) is 0 Å². The van der Waals surface area contributed by atoms with E-state index in [1.54, 1.807) is 51.4 Å². The molecule has 0 N–H and O–H groups in total. The molecular weight excluding hydrogens is 384 g/mol. The molecule has 7 aliphatic carbocycles. The van der Waals surface area contributed by atoms with E-state index in [0.717, 1.165) is 23.7 Å². The number of rotatable bonds is 2. The van der Waals surface area contributed by atoms with Gasteiger partial charge in [-0.15, -0.1) is 0 Å². The topological polar surface area (TPSA) is 0 Å². The van der Waals surface area contributed by atoms with E-state index in [4.69, 9.17) is 0 Å². The SMILES string of the molecule is C1CC1.C1CCC(C2CCCC(C3CC3)C2)CC1.C1CCC1.C1CCCCC1.CC1CC1. The highest BCUT2D eigenvalue weighted by Gasteiger charge is 2.36. The van der Waals surface area contributed by atoms with Gasteiger partial charge in [0, 0.05) is 0 Å². The minimum atomic E-state index is 1.08. The summed E-state index contributed by atoms with van der Waals surface area (Å²) in [7, 11) is 0. The summed E-state index contributed by atoms with van der Waals surface area (Å²) in [6.07, 6.45) is 39.7. The highest BCUT2D eigenvalue weighted by molar-refractivity contribution is 4.88. The van der Waals surface area contributed by atoms with Crippen molar-refractivity contribution in [1.82, 2.24) is 0 Å². The lowest BCUT2D eigenvalue weighted by Gasteiger charge is -2.36. The van der Waals surface area contributed by atoms with Crippen LogP contribution in [-0.4, -0.2) is 0 Å². The Kier molecular flexibility index (Phi) is 13.8. The first-order chi connectivity index (χ1) is 15.8. The fourth-order valence-corrected chi connectivity index (χ4v) is 5.77. The molecule has 32 heavy (non-hydrogen) atoms. The summed E-state index contributed by atoms with van der Waals surface area (Å²) in [5.74, 6) is 5.70. The second-order valence-corrected chi connectivity index (χ2v) is 12.7. The first-order valence-corrected chi connectivity index (χ1v) is 15.8. The molecular formula is C32H60. The van der Waals surface area contributed by atoms with Crippen molar-refractivity contribution in [2.45, 2.75) is 174 Å². The predicted octanol–water partition coefficient (Wildman–Crippen LogP) is 11.3. The average molecular weight is 445 g/mol. The van der Waals surface area contributed by atoms with Gasteiger partial charge in [-0.3, -0.25) is 0 Å². The van der Waals surface area contributed by atoms with Gasteiger partial charge < -0.3 is 0 Å². The Bertz CT molecular complexity index is 397. The number of hydrogen-bond donors (Lipinski definition) is 0. The largest absolute Gasteiger partial charge is 0.0625 e. The molecule has 7 saturated carbocycles. The lowest BCUT2D eigenvalue weighted by molar-refractivity contribution is 0.149. The van der Waals surface area contributed by atoms with E-state index in [-0.39, 0.29) is 0 Å². The van der Waals surface area contributed by atoms with Crippen LogP contribution in [0.1, 0.15) is 174 Å². The fourth-order valence-electron chi connectivity index (χ4n) is 5.77. The maximum absolute atomic E-state index is 2.28. The van der Waals surface area contributed by atoms with Crippen molar-refractivity contribution in [3.63, 3.8) is 0 Å². The van der Waals surface area contributed by atoms with E-state index in [9.17, 15) is 0 Å². The molecule has 0 heterocycles. The van der Waals surface area contributed by atoms with Gasteiger partial charge in [0.2, 0.25) is 0 Å². The molecule has 0 aromatic heterocycles. The average Bonchev–Trinajstić information content (AvgIpc) is 3.67. The lowest BCUT2D eigenvalue weighted by Crippen LogP contribution is -2.25. The van der Waals surface area contributed by atoms with Gasteiger partial charge in [-0.2, -0.15) is 0 Å². The Balaban J connectivity index is 0.000000138. The summed E-state index contributed by atoms with van der Waals surface area (Å²) in [6.45, 7) is 2.28. The normalized spacial score (nSPS) is 31.4. The number of hydrogen-bond acceptors (Lipinski definition) is 0. The molecule has 0 amide bonds. The Hall–Kier alpha value is 0. The van der Waals surface area contributed by atoms with E-state index >= 15 is 0 Å². The minimum Gasteiger partial charge on any atom is -0.0625 e. The van der Waals surface area contributed by atoms with Gasteiger partial charge in [0.05, 0.1) is 0 Å². The van der Waals surface area contributed by atoms with Crippen LogP contribution in [0.2, 0.25) is 0 Å². The zero-order valence-corrected chi connectivity index (χ0v) is 22.3. The van der Waals surface area contributed by atoms with E-state index in [2.05, 4.69) is 6.92 Å². The molecule has 0 radical (unpaired) electrons. The zero-order valence-electron chi connectivity index (χ0n) is 22.3. The van der Waals surface area contributed by atoms with Crippen molar-refractivity contribution in [2.75, 3.05) is 0 Å². The van der Waals surface area contributed by atoms with Crippen LogP contribution in [-0.2, 0) is 0 Å². The van der Waals surface area contributed by atoms with E-state index < -0.39 is 0 Å². The summed E-state index contributed by atoms with van der Waals surface area (Å²) in [6, 6.07) is 0. The molecule has 7 aliphatic rings. The third-order valence-corrected chi connectivity index (χ3v) is 9.08. The molecule has 7 fully saturated rings. The Morgan fingerprint density at radius 2 is 0.562 bits per heavy atom. The summed E-state index contributed by atoms with van der Waals surface area (Å²) in [5.41, 5.74) is 0. The van der Waals surface area contributed by atoms with Gasteiger partial charge in [-0.25, -0.2) is 0 Å². The predicted molar refractivity (Wildman–Crippen MR) is 143 cm³/mol. The molecule has 188 valence electrons. The first kappa shape index (κ1) is 26.6. The van der Waals surface area contributed by atoms with Crippen LogP contribution < -0.4 is 0 Å². The van der Waals surface area contributed by atoms with Crippen molar-refractivity contribution in [3.05, 3.63) is 0 Å².